The number of piperidine rings is 2. The molecular formula is C22H31N7O2. The summed E-state index contributed by atoms with van der Waals surface area (Å²) in [5.74, 6) is 3.28. The minimum Gasteiger partial charge on any atom is -0.493 e. The van der Waals surface area contributed by atoms with Gasteiger partial charge in [0.1, 0.15) is 0 Å². The number of nitrogens with one attached hydrogen (secondary N) is 1. The van der Waals surface area contributed by atoms with Gasteiger partial charge in [-0.1, -0.05) is 0 Å². The summed E-state index contributed by atoms with van der Waals surface area (Å²) in [6.07, 6.45) is 8.93. The molecule has 1 aromatic carbocycles. The maximum atomic E-state index is 5.36. The third-order valence-corrected chi connectivity index (χ3v) is 5.68. The molecule has 0 radical (unpaired) electrons. The van der Waals surface area contributed by atoms with Gasteiger partial charge in [-0.3, -0.25) is 0 Å². The molecule has 166 valence electrons. The molecule has 31 heavy (non-hydrogen) atoms. The number of hydrogen-bond acceptors (Lipinski definition) is 9. The lowest BCUT2D eigenvalue weighted by atomic mass is 10.1. The minimum absolute atomic E-state index is 0.466. The average Bonchev–Trinajstić information content (AvgIpc) is 2.85. The second-order valence-corrected chi connectivity index (χ2v) is 7.84. The van der Waals surface area contributed by atoms with E-state index in [9.17, 15) is 0 Å². The van der Waals surface area contributed by atoms with Crippen molar-refractivity contribution in [2.45, 2.75) is 38.5 Å². The summed E-state index contributed by atoms with van der Waals surface area (Å²) in [6, 6.07) is 5.64. The maximum Gasteiger partial charge on any atom is 0.250 e. The summed E-state index contributed by atoms with van der Waals surface area (Å²) in [4.78, 5) is 18.6. The minimum atomic E-state index is 0.466. The van der Waals surface area contributed by atoms with E-state index in [2.05, 4.69) is 30.3 Å². The molecule has 0 aliphatic carbocycles. The van der Waals surface area contributed by atoms with Crippen LogP contribution in [0.2, 0.25) is 0 Å². The van der Waals surface area contributed by atoms with E-state index in [1.807, 2.05) is 18.2 Å². The second-order valence-electron chi connectivity index (χ2n) is 7.84. The van der Waals surface area contributed by atoms with Gasteiger partial charge < -0.3 is 19.3 Å². The highest BCUT2D eigenvalue weighted by Crippen LogP contribution is 2.27. The molecule has 2 fully saturated rings. The zero-order valence-electron chi connectivity index (χ0n) is 18.4. The van der Waals surface area contributed by atoms with E-state index in [1.165, 1.54) is 38.5 Å². The van der Waals surface area contributed by atoms with E-state index in [1.54, 1.807) is 20.4 Å². The van der Waals surface area contributed by atoms with Crippen molar-refractivity contribution in [1.82, 2.24) is 15.0 Å². The zero-order chi connectivity index (χ0) is 21.5. The molecule has 9 heteroatoms. The lowest BCUT2D eigenvalue weighted by Gasteiger charge is -2.30. The highest BCUT2D eigenvalue weighted by atomic mass is 16.5. The number of aromatic nitrogens is 3. The molecule has 2 saturated heterocycles. The number of ether oxygens (including phenoxy) is 2. The van der Waals surface area contributed by atoms with Crippen molar-refractivity contribution >= 4 is 24.1 Å². The Labute approximate surface area is 183 Å². The summed E-state index contributed by atoms with van der Waals surface area (Å²) in [7, 11) is 3.24. The predicted octanol–water partition coefficient (Wildman–Crippen LogP) is 3.32. The number of anilines is 3. The van der Waals surface area contributed by atoms with Gasteiger partial charge in [0.25, 0.3) is 0 Å². The SMILES string of the molecule is COc1ccc(/C=N\Nc2nc(N3CCCCC3)nc(N3CCCCC3)n2)cc1OC. The van der Waals surface area contributed by atoms with Crippen molar-refractivity contribution in [1.29, 1.82) is 0 Å². The highest BCUT2D eigenvalue weighted by molar-refractivity contribution is 5.81. The molecule has 1 aromatic heterocycles. The molecular weight excluding hydrogens is 394 g/mol. The Bertz CT molecular complexity index is 857. The Kier molecular flexibility index (Phi) is 7.01. The Hall–Kier alpha value is -3.10. The Balaban J connectivity index is 1.54. The monoisotopic (exact) mass is 425 g/mol. The number of methoxy groups -OCH3 is 2. The van der Waals surface area contributed by atoms with E-state index >= 15 is 0 Å². The van der Waals surface area contributed by atoms with Gasteiger partial charge in [0.15, 0.2) is 11.5 Å². The fourth-order valence-corrected chi connectivity index (χ4v) is 3.97. The normalized spacial score (nSPS) is 17.1. The van der Waals surface area contributed by atoms with Gasteiger partial charge in [-0.05, 0) is 62.3 Å². The van der Waals surface area contributed by atoms with Crippen molar-refractivity contribution in [2.24, 2.45) is 5.10 Å². The molecule has 0 atom stereocenters. The number of hydrazone groups is 1. The van der Waals surface area contributed by atoms with Gasteiger partial charge in [-0.25, -0.2) is 5.43 Å². The Morgan fingerprint density at radius 3 is 1.94 bits per heavy atom. The van der Waals surface area contributed by atoms with E-state index in [-0.39, 0.29) is 0 Å². The zero-order valence-corrected chi connectivity index (χ0v) is 18.4. The van der Waals surface area contributed by atoms with Crippen LogP contribution in [0.1, 0.15) is 44.1 Å². The van der Waals surface area contributed by atoms with E-state index in [4.69, 9.17) is 14.5 Å². The van der Waals surface area contributed by atoms with E-state index < -0.39 is 0 Å². The van der Waals surface area contributed by atoms with Gasteiger partial charge in [-0.15, -0.1) is 0 Å². The largest absolute Gasteiger partial charge is 0.493 e. The van der Waals surface area contributed by atoms with Crippen LogP contribution in [-0.4, -0.2) is 61.6 Å². The third-order valence-electron chi connectivity index (χ3n) is 5.68. The summed E-state index contributed by atoms with van der Waals surface area (Å²) < 4.78 is 10.6. The first kappa shape index (κ1) is 21.1. The van der Waals surface area contributed by atoms with Crippen LogP contribution < -0.4 is 24.7 Å². The average molecular weight is 426 g/mol. The van der Waals surface area contributed by atoms with Crippen LogP contribution in [0.4, 0.5) is 17.8 Å². The Morgan fingerprint density at radius 2 is 1.39 bits per heavy atom. The van der Waals surface area contributed by atoms with Crippen LogP contribution in [0.15, 0.2) is 23.3 Å². The summed E-state index contributed by atoms with van der Waals surface area (Å²) in [5, 5.41) is 4.35. The first-order valence-electron chi connectivity index (χ1n) is 11.0. The molecule has 0 saturated carbocycles. The quantitative estimate of drug-likeness (QED) is 0.534. The summed E-state index contributed by atoms with van der Waals surface area (Å²) in [6.45, 7) is 3.94. The van der Waals surface area contributed by atoms with E-state index in [0.29, 0.717) is 17.4 Å². The maximum absolute atomic E-state index is 5.36. The fraction of sp³-hybridized carbons (Fsp3) is 0.545. The molecule has 0 bridgehead atoms. The van der Waals surface area contributed by atoms with Crippen LogP contribution in [0.3, 0.4) is 0 Å². The van der Waals surface area contributed by atoms with Crippen LogP contribution in [0, 0.1) is 0 Å². The van der Waals surface area contributed by atoms with Crippen molar-refractivity contribution in [3.05, 3.63) is 23.8 Å². The van der Waals surface area contributed by atoms with Crippen LogP contribution >= 0.6 is 0 Å². The number of rotatable bonds is 7. The van der Waals surface area contributed by atoms with Gasteiger partial charge in [0.2, 0.25) is 17.8 Å². The standard InChI is InChI=1S/C22H31N7O2/c1-30-18-10-9-17(15-19(18)31-2)16-23-27-20-24-21(28-11-5-3-6-12-28)26-22(25-20)29-13-7-4-8-14-29/h9-10,15-16H,3-8,11-14H2,1-2H3,(H,24,25,26,27)/b23-16-. The first-order chi connectivity index (χ1) is 15.3. The molecule has 3 heterocycles. The molecule has 0 unspecified atom stereocenters. The number of nitrogens with zero attached hydrogens (tertiary/aromatic N) is 6. The Morgan fingerprint density at radius 1 is 0.806 bits per heavy atom. The lowest BCUT2D eigenvalue weighted by molar-refractivity contribution is 0.355. The number of benzene rings is 1. The van der Waals surface area contributed by atoms with Crippen LogP contribution in [0.5, 0.6) is 11.5 Å². The fourth-order valence-electron chi connectivity index (χ4n) is 3.97. The molecule has 0 spiro atoms. The number of hydrogen-bond donors (Lipinski definition) is 1. The van der Waals surface area contributed by atoms with Gasteiger partial charge in [-0.2, -0.15) is 20.1 Å². The molecule has 2 aromatic rings. The molecule has 2 aliphatic heterocycles. The smallest absolute Gasteiger partial charge is 0.250 e. The van der Waals surface area contributed by atoms with Gasteiger partial charge in [0, 0.05) is 26.2 Å². The van der Waals surface area contributed by atoms with Gasteiger partial charge in [0.05, 0.1) is 20.4 Å². The molecule has 2 aliphatic rings. The van der Waals surface area contributed by atoms with Crippen molar-refractivity contribution in [3.8, 4) is 11.5 Å². The second kappa shape index (κ2) is 10.3. The van der Waals surface area contributed by atoms with Crippen molar-refractivity contribution < 1.29 is 9.47 Å². The summed E-state index contributed by atoms with van der Waals surface area (Å²) in [5.41, 5.74) is 3.88. The molecule has 0 amide bonds. The lowest BCUT2D eigenvalue weighted by Crippen LogP contribution is -2.34. The molecule has 4 rings (SSSR count). The van der Waals surface area contributed by atoms with Crippen molar-refractivity contribution in [2.75, 3.05) is 55.6 Å². The molecule has 1 N–H and O–H groups in total. The third kappa shape index (κ3) is 5.34. The van der Waals surface area contributed by atoms with Crippen molar-refractivity contribution in [3.63, 3.8) is 0 Å². The topological polar surface area (TPSA) is 88.0 Å². The van der Waals surface area contributed by atoms with Gasteiger partial charge >= 0.3 is 0 Å². The predicted molar refractivity (Wildman–Crippen MR) is 123 cm³/mol. The first-order valence-corrected chi connectivity index (χ1v) is 11.0. The van der Waals surface area contributed by atoms with Crippen LogP contribution in [0.25, 0.3) is 0 Å². The van der Waals surface area contributed by atoms with Crippen LogP contribution in [-0.2, 0) is 0 Å². The van der Waals surface area contributed by atoms with E-state index in [0.717, 1.165) is 43.6 Å². The summed E-state index contributed by atoms with van der Waals surface area (Å²) >= 11 is 0. The molecule has 9 nitrogen and oxygen atoms in total. The highest BCUT2D eigenvalue weighted by Gasteiger charge is 2.20.